The predicted octanol–water partition coefficient (Wildman–Crippen LogP) is 1.88. The van der Waals surface area contributed by atoms with Crippen LogP contribution in [-0.2, 0) is 6.54 Å². The number of aromatic nitrogens is 3. The molecule has 2 aromatic rings. The lowest BCUT2D eigenvalue weighted by Gasteiger charge is -2.31. The Morgan fingerprint density at radius 2 is 2.12 bits per heavy atom. The Bertz CT molecular complexity index is 696. The number of likely N-dealkylation sites (tertiary alicyclic amines) is 1. The van der Waals surface area contributed by atoms with E-state index in [1.807, 2.05) is 30.7 Å². The zero-order valence-electron chi connectivity index (χ0n) is 14.5. The summed E-state index contributed by atoms with van der Waals surface area (Å²) in [5.74, 6) is 0.655. The van der Waals surface area contributed by atoms with Crippen molar-refractivity contribution < 1.29 is 9.90 Å². The lowest BCUT2D eigenvalue weighted by molar-refractivity contribution is 0.0907. The number of carbonyl (C=O) groups excluding carboxylic acids is 1. The maximum Gasteiger partial charge on any atom is 0.178 e. The van der Waals surface area contributed by atoms with Crippen LogP contribution in [0.3, 0.4) is 0 Å². The van der Waals surface area contributed by atoms with Gasteiger partial charge in [0, 0.05) is 34.8 Å². The van der Waals surface area contributed by atoms with E-state index in [-0.39, 0.29) is 12.4 Å². The Balaban J connectivity index is 1.56. The zero-order chi connectivity index (χ0) is 17.1. The third kappa shape index (κ3) is 3.60. The van der Waals surface area contributed by atoms with E-state index in [4.69, 9.17) is 5.11 Å². The summed E-state index contributed by atoms with van der Waals surface area (Å²) in [6.45, 7) is 6.91. The second kappa shape index (κ2) is 7.32. The number of piperidine rings is 1. The Morgan fingerprint density at radius 3 is 2.75 bits per heavy atom. The standard InChI is InChI=1S/C18H26N4O2/c1-13-11-16(14(2)20-13)18(24)12-21-7-4-15(5-8-21)17-3-6-19-22(17)9-10-23/h3,6,11,15,20,23H,4-5,7-10,12H2,1-2H3. The number of aromatic amines is 1. The molecule has 0 amide bonds. The Morgan fingerprint density at radius 1 is 1.38 bits per heavy atom. The number of rotatable bonds is 6. The minimum atomic E-state index is 0.109. The van der Waals surface area contributed by atoms with E-state index in [0.717, 1.165) is 42.9 Å². The molecule has 0 atom stereocenters. The molecule has 0 aromatic carbocycles. The Kier molecular flexibility index (Phi) is 5.16. The van der Waals surface area contributed by atoms with Crippen LogP contribution in [0.1, 0.15) is 46.2 Å². The summed E-state index contributed by atoms with van der Waals surface area (Å²) in [6.07, 6.45) is 3.85. The highest BCUT2D eigenvalue weighted by molar-refractivity contribution is 5.98. The number of hydrogen-bond donors (Lipinski definition) is 2. The Labute approximate surface area is 142 Å². The molecule has 0 saturated carbocycles. The number of H-pyrrole nitrogens is 1. The van der Waals surface area contributed by atoms with Gasteiger partial charge in [0.15, 0.2) is 5.78 Å². The van der Waals surface area contributed by atoms with Crippen LogP contribution in [0.5, 0.6) is 0 Å². The van der Waals surface area contributed by atoms with Crippen LogP contribution in [0.15, 0.2) is 18.3 Å². The number of nitrogens with zero attached hydrogens (tertiary/aromatic N) is 3. The number of hydrogen-bond acceptors (Lipinski definition) is 4. The summed E-state index contributed by atoms with van der Waals surface area (Å²) in [4.78, 5) is 17.9. The van der Waals surface area contributed by atoms with Gasteiger partial charge >= 0.3 is 0 Å². The van der Waals surface area contributed by atoms with Crippen molar-refractivity contribution in [3.8, 4) is 0 Å². The van der Waals surface area contributed by atoms with Crippen LogP contribution < -0.4 is 0 Å². The first-order valence-electron chi connectivity index (χ1n) is 8.63. The molecule has 130 valence electrons. The van der Waals surface area contributed by atoms with Gasteiger partial charge in [-0.25, -0.2) is 0 Å². The largest absolute Gasteiger partial charge is 0.394 e. The van der Waals surface area contributed by atoms with Crippen molar-refractivity contribution in [2.75, 3.05) is 26.2 Å². The van der Waals surface area contributed by atoms with Gasteiger partial charge in [0.2, 0.25) is 0 Å². The van der Waals surface area contributed by atoms with E-state index in [1.165, 1.54) is 5.69 Å². The number of Topliss-reactive ketones (excluding diaryl/α,β-unsaturated/α-hetero) is 1. The second-order valence-corrected chi connectivity index (χ2v) is 6.67. The lowest BCUT2D eigenvalue weighted by atomic mass is 9.93. The van der Waals surface area contributed by atoms with Gasteiger partial charge in [-0.15, -0.1) is 0 Å². The normalized spacial score (nSPS) is 16.6. The molecule has 6 heteroatoms. The number of nitrogens with one attached hydrogen (secondary N) is 1. The van der Waals surface area contributed by atoms with Crippen LogP contribution in [0.4, 0.5) is 0 Å². The van der Waals surface area contributed by atoms with Crippen molar-refractivity contribution in [1.82, 2.24) is 19.7 Å². The molecule has 1 aliphatic heterocycles. The molecule has 0 spiro atoms. The topological polar surface area (TPSA) is 74.2 Å². The van der Waals surface area contributed by atoms with E-state index in [0.29, 0.717) is 19.0 Å². The molecule has 24 heavy (non-hydrogen) atoms. The summed E-state index contributed by atoms with van der Waals surface area (Å²) >= 11 is 0. The minimum absolute atomic E-state index is 0.109. The van der Waals surface area contributed by atoms with Crippen molar-refractivity contribution >= 4 is 5.78 Å². The summed E-state index contributed by atoms with van der Waals surface area (Å²) in [7, 11) is 0. The highest BCUT2D eigenvalue weighted by Gasteiger charge is 2.25. The van der Waals surface area contributed by atoms with E-state index in [9.17, 15) is 4.79 Å². The number of aryl methyl sites for hydroxylation is 2. The molecule has 3 rings (SSSR count). The number of carbonyl (C=O) groups is 1. The molecular weight excluding hydrogens is 304 g/mol. The molecular formula is C18H26N4O2. The molecule has 1 fully saturated rings. The highest BCUT2D eigenvalue weighted by atomic mass is 16.3. The minimum Gasteiger partial charge on any atom is -0.394 e. The van der Waals surface area contributed by atoms with Crippen molar-refractivity contribution in [2.45, 2.75) is 39.2 Å². The first kappa shape index (κ1) is 16.9. The molecule has 0 bridgehead atoms. The van der Waals surface area contributed by atoms with Gasteiger partial charge in [-0.3, -0.25) is 14.4 Å². The molecule has 3 heterocycles. The van der Waals surface area contributed by atoms with Gasteiger partial charge in [-0.2, -0.15) is 5.10 Å². The van der Waals surface area contributed by atoms with Crippen molar-refractivity contribution in [1.29, 1.82) is 0 Å². The average molecular weight is 330 g/mol. The van der Waals surface area contributed by atoms with E-state index in [2.05, 4.69) is 15.0 Å². The third-order valence-corrected chi connectivity index (χ3v) is 4.88. The summed E-state index contributed by atoms with van der Waals surface area (Å²) in [5, 5.41) is 13.4. The van der Waals surface area contributed by atoms with Crippen LogP contribution in [0.2, 0.25) is 0 Å². The molecule has 2 aromatic heterocycles. The van der Waals surface area contributed by atoms with Gasteiger partial charge < -0.3 is 10.1 Å². The monoisotopic (exact) mass is 330 g/mol. The summed E-state index contributed by atoms with van der Waals surface area (Å²) < 4.78 is 1.90. The van der Waals surface area contributed by atoms with Crippen molar-refractivity contribution in [3.63, 3.8) is 0 Å². The first-order chi connectivity index (χ1) is 11.6. The van der Waals surface area contributed by atoms with Crippen LogP contribution in [0.25, 0.3) is 0 Å². The van der Waals surface area contributed by atoms with Gasteiger partial charge in [-0.05, 0) is 51.9 Å². The average Bonchev–Trinajstić information content (AvgIpc) is 3.15. The van der Waals surface area contributed by atoms with Gasteiger partial charge in [-0.1, -0.05) is 0 Å². The molecule has 0 radical (unpaired) electrons. The van der Waals surface area contributed by atoms with Crippen molar-refractivity contribution in [2.24, 2.45) is 0 Å². The maximum atomic E-state index is 12.5. The fourth-order valence-electron chi connectivity index (χ4n) is 3.66. The van der Waals surface area contributed by atoms with E-state index >= 15 is 0 Å². The van der Waals surface area contributed by atoms with Crippen LogP contribution in [-0.4, -0.2) is 56.8 Å². The molecule has 1 aliphatic rings. The van der Waals surface area contributed by atoms with E-state index < -0.39 is 0 Å². The Hall–Kier alpha value is -1.92. The quantitative estimate of drug-likeness (QED) is 0.793. The fourth-order valence-corrected chi connectivity index (χ4v) is 3.66. The van der Waals surface area contributed by atoms with Gasteiger partial charge in [0.05, 0.1) is 19.7 Å². The third-order valence-electron chi connectivity index (χ3n) is 4.88. The number of ketones is 1. The zero-order valence-corrected chi connectivity index (χ0v) is 14.5. The predicted molar refractivity (Wildman–Crippen MR) is 92.3 cm³/mol. The van der Waals surface area contributed by atoms with Crippen LogP contribution in [0, 0.1) is 13.8 Å². The maximum absolute atomic E-state index is 12.5. The molecule has 0 aliphatic carbocycles. The van der Waals surface area contributed by atoms with Gasteiger partial charge in [0.1, 0.15) is 0 Å². The molecule has 1 saturated heterocycles. The SMILES string of the molecule is Cc1cc(C(=O)CN2CCC(c3ccnn3CCO)CC2)c(C)[nH]1. The lowest BCUT2D eigenvalue weighted by Crippen LogP contribution is -2.37. The molecule has 2 N–H and O–H groups in total. The number of aliphatic hydroxyl groups excluding tert-OH is 1. The fraction of sp³-hybridized carbons (Fsp3) is 0.556. The smallest absolute Gasteiger partial charge is 0.178 e. The molecule has 0 unspecified atom stereocenters. The summed E-state index contributed by atoms with van der Waals surface area (Å²) in [5.41, 5.74) is 4.01. The summed E-state index contributed by atoms with van der Waals surface area (Å²) in [6, 6.07) is 3.99. The van der Waals surface area contributed by atoms with E-state index in [1.54, 1.807) is 6.20 Å². The van der Waals surface area contributed by atoms with Crippen molar-refractivity contribution in [3.05, 3.63) is 41.0 Å². The second-order valence-electron chi connectivity index (χ2n) is 6.67. The highest BCUT2D eigenvalue weighted by Crippen LogP contribution is 2.28. The molecule has 6 nitrogen and oxygen atoms in total. The van der Waals surface area contributed by atoms with Gasteiger partial charge in [0.25, 0.3) is 0 Å². The number of aliphatic hydroxyl groups is 1. The van der Waals surface area contributed by atoms with Crippen LogP contribution >= 0.6 is 0 Å². The first-order valence-corrected chi connectivity index (χ1v) is 8.63.